The van der Waals surface area contributed by atoms with Crippen LogP contribution in [0.15, 0.2) is 24.5 Å². The summed E-state index contributed by atoms with van der Waals surface area (Å²) >= 11 is 0. The van der Waals surface area contributed by atoms with Gasteiger partial charge in [-0.15, -0.1) is 0 Å². The van der Waals surface area contributed by atoms with Gasteiger partial charge in [0.15, 0.2) is 5.65 Å². The van der Waals surface area contributed by atoms with Crippen LogP contribution in [-0.4, -0.2) is 51.2 Å². The van der Waals surface area contributed by atoms with Gasteiger partial charge >= 0.3 is 0 Å². The van der Waals surface area contributed by atoms with Crippen LogP contribution in [0.2, 0.25) is 0 Å². The van der Waals surface area contributed by atoms with Crippen molar-refractivity contribution >= 4 is 17.5 Å². The van der Waals surface area contributed by atoms with Crippen molar-refractivity contribution < 1.29 is 14.3 Å². The Kier molecular flexibility index (Phi) is 3.89. The summed E-state index contributed by atoms with van der Waals surface area (Å²) in [6, 6.07) is 3.04. The monoisotopic (exact) mass is 329 g/mol. The lowest BCUT2D eigenvalue weighted by Crippen LogP contribution is -2.60. The van der Waals surface area contributed by atoms with Crippen LogP contribution in [0, 0.1) is 0 Å². The number of carbonyl (C=O) groups excluding carboxylic acids is 2. The molecule has 8 nitrogen and oxygen atoms in total. The highest BCUT2D eigenvalue weighted by Gasteiger charge is 2.37. The minimum absolute atomic E-state index is 0.0133. The summed E-state index contributed by atoms with van der Waals surface area (Å²) in [6.07, 6.45) is 6.05. The van der Waals surface area contributed by atoms with Gasteiger partial charge in [-0.2, -0.15) is 5.10 Å². The molecule has 0 radical (unpaired) electrons. The normalized spacial score (nSPS) is 27.2. The molecule has 0 spiro atoms. The summed E-state index contributed by atoms with van der Waals surface area (Å²) in [7, 11) is 0. The van der Waals surface area contributed by atoms with E-state index >= 15 is 0 Å². The van der Waals surface area contributed by atoms with Crippen LogP contribution >= 0.6 is 0 Å². The molecule has 2 aromatic rings. The summed E-state index contributed by atoms with van der Waals surface area (Å²) in [5.41, 5.74) is 1.04. The highest BCUT2D eigenvalue weighted by atomic mass is 16.5. The van der Waals surface area contributed by atoms with E-state index in [1.54, 1.807) is 24.5 Å². The predicted molar refractivity (Wildman–Crippen MR) is 84.4 cm³/mol. The molecule has 2 aliphatic rings. The zero-order chi connectivity index (χ0) is 16.5. The second kappa shape index (κ2) is 6.20. The number of nitrogens with zero attached hydrogens (tertiary/aromatic N) is 3. The van der Waals surface area contributed by atoms with Gasteiger partial charge in [0.2, 0.25) is 5.91 Å². The van der Waals surface area contributed by atoms with E-state index in [0.29, 0.717) is 30.8 Å². The molecule has 2 fully saturated rings. The van der Waals surface area contributed by atoms with Crippen molar-refractivity contribution in [2.45, 2.75) is 43.9 Å². The highest BCUT2D eigenvalue weighted by Crippen LogP contribution is 2.22. The molecule has 0 aliphatic carbocycles. The van der Waals surface area contributed by atoms with E-state index in [-0.39, 0.29) is 30.0 Å². The van der Waals surface area contributed by atoms with Crippen molar-refractivity contribution in [3.8, 4) is 0 Å². The van der Waals surface area contributed by atoms with Crippen molar-refractivity contribution in [3.63, 3.8) is 0 Å². The summed E-state index contributed by atoms with van der Waals surface area (Å²) in [5.74, 6) is -0.213. The van der Waals surface area contributed by atoms with Crippen LogP contribution in [0.5, 0.6) is 0 Å². The summed E-state index contributed by atoms with van der Waals surface area (Å²) in [5, 5.41) is 10.2. The first-order valence-corrected chi connectivity index (χ1v) is 8.23. The maximum absolute atomic E-state index is 12.7. The number of hydrogen-bond donors (Lipinski definition) is 2. The van der Waals surface area contributed by atoms with Crippen molar-refractivity contribution in [1.29, 1.82) is 0 Å². The van der Waals surface area contributed by atoms with Crippen LogP contribution in [0.25, 0.3) is 5.65 Å². The molecule has 2 amide bonds. The first-order chi connectivity index (χ1) is 11.7. The molecule has 4 heterocycles. The molecule has 0 bridgehead atoms. The minimum Gasteiger partial charge on any atom is -0.376 e. The van der Waals surface area contributed by atoms with Gasteiger partial charge in [-0.1, -0.05) is 0 Å². The highest BCUT2D eigenvalue weighted by molar-refractivity contribution is 5.93. The maximum Gasteiger partial charge on any atom is 0.270 e. The van der Waals surface area contributed by atoms with Crippen molar-refractivity contribution in [3.05, 3.63) is 30.2 Å². The first-order valence-electron chi connectivity index (χ1n) is 8.23. The van der Waals surface area contributed by atoms with Gasteiger partial charge in [-0.25, -0.2) is 9.50 Å². The Morgan fingerprint density at radius 1 is 1.33 bits per heavy atom. The second-order valence-corrected chi connectivity index (χ2v) is 6.19. The van der Waals surface area contributed by atoms with Crippen molar-refractivity contribution in [2.75, 3.05) is 6.61 Å². The average molecular weight is 329 g/mol. The fourth-order valence-electron chi connectivity index (χ4n) is 3.47. The molecule has 2 aromatic heterocycles. The first kappa shape index (κ1) is 15.1. The Balaban J connectivity index is 1.55. The second-order valence-electron chi connectivity index (χ2n) is 6.19. The smallest absolute Gasteiger partial charge is 0.270 e. The maximum atomic E-state index is 12.7. The predicted octanol–water partition coefficient (Wildman–Crippen LogP) is 0.285. The Hall–Kier alpha value is -2.48. The third-order valence-corrected chi connectivity index (χ3v) is 4.65. The van der Waals surface area contributed by atoms with Gasteiger partial charge in [0, 0.05) is 25.3 Å². The lowest BCUT2D eigenvalue weighted by atomic mass is 9.92. The van der Waals surface area contributed by atoms with Gasteiger partial charge in [-0.05, 0) is 25.3 Å². The number of hydrogen-bond acceptors (Lipinski definition) is 5. The van der Waals surface area contributed by atoms with Crippen molar-refractivity contribution in [1.82, 2.24) is 25.2 Å². The molecule has 0 saturated carbocycles. The molecule has 8 heteroatoms. The van der Waals surface area contributed by atoms with E-state index in [9.17, 15) is 9.59 Å². The fraction of sp³-hybridized carbons (Fsp3) is 0.500. The number of amides is 2. The Morgan fingerprint density at radius 3 is 3.08 bits per heavy atom. The summed E-state index contributed by atoms with van der Waals surface area (Å²) < 4.78 is 7.23. The Bertz CT molecular complexity index is 768. The number of piperidine rings is 1. The molecule has 0 aromatic carbocycles. The zero-order valence-electron chi connectivity index (χ0n) is 13.1. The number of ether oxygens (including phenoxy) is 1. The van der Waals surface area contributed by atoms with Gasteiger partial charge in [-0.3, -0.25) is 9.59 Å². The third kappa shape index (κ3) is 2.73. The van der Waals surface area contributed by atoms with Crippen LogP contribution < -0.4 is 10.6 Å². The van der Waals surface area contributed by atoms with E-state index < -0.39 is 0 Å². The molecular formula is C16H19N5O3. The van der Waals surface area contributed by atoms with E-state index in [1.165, 1.54) is 4.52 Å². The van der Waals surface area contributed by atoms with Crippen LogP contribution in [0.1, 0.15) is 36.2 Å². The number of fused-ring (bicyclic) bond motifs is 1. The summed E-state index contributed by atoms with van der Waals surface area (Å²) in [4.78, 5) is 28.6. The lowest BCUT2D eigenvalue weighted by Gasteiger charge is -2.36. The number of rotatable bonds is 3. The van der Waals surface area contributed by atoms with E-state index in [2.05, 4.69) is 20.7 Å². The largest absolute Gasteiger partial charge is 0.376 e. The molecule has 24 heavy (non-hydrogen) atoms. The van der Waals surface area contributed by atoms with Crippen LogP contribution in [-0.2, 0) is 9.53 Å². The van der Waals surface area contributed by atoms with Gasteiger partial charge < -0.3 is 15.4 Å². The molecular weight excluding hydrogens is 310 g/mol. The minimum atomic E-state index is -0.227. The molecule has 2 aliphatic heterocycles. The number of nitrogens with one attached hydrogen (secondary N) is 2. The molecule has 1 unspecified atom stereocenters. The van der Waals surface area contributed by atoms with E-state index in [1.807, 2.05) is 0 Å². The summed E-state index contributed by atoms with van der Waals surface area (Å²) in [6.45, 7) is 0.704. The fourth-order valence-corrected chi connectivity index (χ4v) is 3.47. The van der Waals surface area contributed by atoms with Crippen molar-refractivity contribution in [2.24, 2.45) is 0 Å². The SMILES string of the molecule is O=C1CC[C@H](NC(=O)c2ccnc3ccnn23)[C@@H](C2CCCO2)N1. The lowest BCUT2D eigenvalue weighted by molar-refractivity contribution is -0.125. The average Bonchev–Trinajstić information content (AvgIpc) is 3.27. The third-order valence-electron chi connectivity index (χ3n) is 4.65. The molecule has 2 N–H and O–H groups in total. The quantitative estimate of drug-likeness (QED) is 0.843. The molecule has 3 atom stereocenters. The molecule has 2 saturated heterocycles. The van der Waals surface area contributed by atoms with Gasteiger partial charge in [0.1, 0.15) is 5.69 Å². The Labute approximate surface area is 138 Å². The van der Waals surface area contributed by atoms with Crippen LogP contribution in [0.3, 0.4) is 0 Å². The molecule has 4 rings (SSSR count). The number of carbonyl (C=O) groups is 2. The van der Waals surface area contributed by atoms with E-state index in [0.717, 1.165) is 12.8 Å². The number of aromatic nitrogens is 3. The van der Waals surface area contributed by atoms with Gasteiger partial charge in [0.25, 0.3) is 5.91 Å². The van der Waals surface area contributed by atoms with E-state index in [4.69, 9.17) is 4.74 Å². The van der Waals surface area contributed by atoms with Crippen LogP contribution in [0.4, 0.5) is 0 Å². The molecule has 126 valence electrons. The standard InChI is InChI=1S/C16H19N5O3/c22-14-4-3-10(15(20-14)12-2-1-9-24-12)19-16(23)11-5-7-17-13-6-8-18-21(11)13/h5-8,10,12,15H,1-4,9H2,(H,19,23)(H,20,22)/t10-,12?,15-/m0/s1. The Morgan fingerprint density at radius 2 is 2.25 bits per heavy atom. The van der Waals surface area contributed by atoms with Gasteiger partial charge in [0.05, 0.1) is 24.4 Å². The zero-order valence-corrected chi connectivity index (χ0v) is 13.1. The topological polar surface area (TPSA) is 97.6 Å².